The fraction of sp³-hybridized carbons (Fsp3) is 0.120. The van der Waals surface area contributed by atoms with E-state index < -0.39 is 0 Å². The Labute approximate surface area is 179 Å². The number of hydrogen-bond donors (Lipinski definition) is 1. The van der Waals surface area contributed by atoms with Crippen LogP contribution < -0.4 is 19.5 Å². The molecule has 154 valence electrons. The Hall–Kier alpha value is -4.06. The molecule has 0 saturated carbocycles. The Bertz CT molecular complexity index is 1270. The minimum absolute atomic E-state index is 0.161. The van der Waals surface area contributed by atoms with Gasteiger partial charge in [-0.2, -0.15) is 0 Å². The van der Waals surface area contributed by atoms with E-state index in [4.69, 9.17) is 19.2 Å². The summed E-state index contributed by atoms with van der Waals surface area (Å²) in [6.45, 7) is 0.603. The van der Waals surface area contributed by atoms with E-state index in [1.165, 1.54) is 0 Å². The molecular formula is C25H20N2O4. The number of nitrogens with one attached hydrogen (secondary N) is 1. The topological polar surface area (TPSA) is 69.7 Å². The van der Waals surface area contributed by atoms with Crippen molar-refractivity contribution in [3.05, 3.63) is 83.9 Å². The van der Waals surface area contributed by atoms with Gasteiger partial charge in [-0.3, -0.25) is 4.79 Å². The lowest BCUT2D eigenvalue weighted by molar-refractivity contribution is 0.0952. The number of benzene rings is 3. The molecule has 0 saturated heterocycles. The average molecular weight is 412 g/mol. The van der Waals surface area contributed by atoms with Gasteiger partial charge in [0.15, 0.2) is 11.5 Å². The molecule has 0 bridgehead atoms. The van der Waals surface area contributed by atoms with Crippen LogP contribution in [0.1, 0.15) is 15.9 Å². The number of para-hydroxylation sites is 1. The van der Waals surface area contributed by atoms with Crippen LogP contribution in [0.5, 0.6) is 17.2 Å². The maximum absolute atomic E-state index is 13.1. The van der Waals surface area contributed by atoms with E-state index in [9.17, 15) is 4.79 Å². The van der Waals surface area contributed by atoms with Crippen LogP contribution in [0.3, 0.4) is 0 Å². The van der Waals surface area contributed by atoms with Crippen molar-refractivity contribution in [3.8, 4) is 28.5 Å². The summed E-state index contributed by atoms with van der Waals surface area (Å²) in [4.78, 5) is 17.9. The van der Waals surface area contributed by atoms with Gasteiger partial charge < -0.3 is 19.5 Å². The van der Waals surface area contributed by atoms with Gasteiger partial charge in [0.25, 0.3) is 5.91 Å². The van der Waals surface area contributed by atoms with Gasteiger partial charge in [0.1, 0.15) is 5.75 Å². The molecule has 1 aromatic heterocycles. The maximum atomic E-state index is 13.1. The molecule has 3 aromatic carbocycles. The van der Waals surface area contributed by atoms with Gasteiger partial charge in [-0.1, -0.05) is 24.3 Å². The molecule has 0 atom stereocenters. The largest absolute Gasteiger partial charge is 0.497 e. The number of amides is 1. The molecule has 6 heteroatoms. The average Bonchev–Trinajstić information content (AvgIpc) is 3.30. The number of rotatable bonds is 5. The molecule has 0 unspecified atom stereocenters. The van der Waals surface area contributed by atoms with Gasteiger partial charge in [0, 0.05) is 17.5 Å². The molecule has 31 heavy (non-hydrogen) atoms. The first-order chi connectivity index (χ1) is 15.2. The highest BCUT2D eigenvalue weighted by Gasteiger charge is 2.16. The van der Waals surface area contributed by atoms with Crippen molar-refractivity contribution in [1.82, 2.24) is 10.3 Å². The molecule has 0 fully saturated rings. The molecule has 6 nitrogen and oxygen atoms in total. The Morgan fingerprint density at radius 2 is 1.81 bits per heavy atom. The highest BCUT2D eigenvalue weighted by molar-refractivity contribution is 6.07. The molecule has 0 spiro atoms. The Morgan fingerprint density at radius 1 is 1.00 bits per heavy atom. The summed E-state index contributed by atoms with van der Waals surface area (Å²) < 4.78 is 16.0. The van der Waals surface area contributed by atoms with E-state index >= 15 is 0 Å². The second-order valence-electron chi connectivity index (χ2n) is 7.17. The van der Waals surface area contributed by atoms with Gasteiger partial charge in [-0.25, -0.2) is 4.98 Å². The predicted octanol–water partition coefficient (Wildman–Crippen LogP) is 4.57. The molecule has 1 aliphatic rings. The zero-order valence-corrected chi connectivity index (χ0v) is 16.9. The number of pyridine rings is 1. The van der Waals surface area contributed by atoms with E-state index in [1.807, 2.05) is 72.8 Å². The summed E-state index contributed by atoms with van der Waals surface area (Å²) in [5.41, 5.74) is 3.93. The van der Waals surface area contributed by atoms with Crippen molar-refractivity contribution in [1.29, 1.82) is 0 Å². The number of nitrogens with zero attached hydrogens (tertiary/aromatic N) is 1. The van der Waals surface area contributed by atoms with Crippen molar-refractivity contribution in [3.63, 3.8) is 0 Å². The molecule has 1 N–H and O–H groups in total. The quantitative estimate of drug-likeness (QED) is 0.520. The van der Waals surface area contributed by atoms with Crippen LogP contribution in [0, 0.1) is 0 Å². The van der Waals surface area contributed by atoms with E-state index in [-0.39, 0.29) is 12.7 Å². The molecular weight excluding hydrogens is 392 g/mol. The van der Waals surface area contributed by atoms with Gasteiger partial charge in [-0.05, 0) is 54.1 Å². The number of fused-ring (bicyclic) bond motifs is 2. The van der Waals surface area contributed by atoms with E-state index in [0.29, 0.717) is 17.9 Å². The van der Waals surface area contributed by atoms with Gasteiger partial charge in [0.2, 0.25) is 6.79 Å². The van der Waals surface area contributed by atoms with E-state index in [2.05, 4.69) is 5.32 Å². The number of carbonyl (C=O) groups is 1. The van der Waals surface area contributed by atoms with Crippen molar-refractivity contribution in [2.24, 2.45) is 0 Å². The monoisotopic (exact) mass is 412 g/mol. The lowest BCUT2D eigenvalue weighted by atomic mass is 10.0. The minimum atomic E-state index is -0.161. The van der Waals surface area contributed by atoms with Crippen LogP contribution in [0.25, 0.3) is 22.2 Å². The van der Waals surface area contributed by atoms with Gasteiger partial charge >= 0.3 is 0 Å². The van der Waals surface area contributed by atoms with Crippen LogP contribution in [0.4, 0.5) is 0 Å². The van der Waals surface area contributed by atoms with Gasteiger partial charge in [0.05, 0.1) is 23.9 Å². The van der Waals surface area contributed by atoms with E-state index in [1.54, 1.807) is 7.11 Å². The fourth-order valence-corrected chi connectivity index (χ4v) is 3.60. The van der Waals surface area contributed by atoms with Crippen molar-refractivity contribution in [2.45, 2.75) is 6.54 Å². The normalized spacial score (nSPS) is 12.0. The standard InChI is InChI=1S/C25H20N2O4/c1-29-18-9-7-17(8-10-18)22-13-20(19-4-2-3-5-21(19)27-22)25(28)26-14-16-6-11-23-24(12-16)31-15-30-23/h2-13H,14-15H2,1H3,(H,26,28). The third-order valence-corrected chi connectivity index (χ3v) is 5.24. The smallest absolute Gasteiger partial charge is 0.252 e. The van der Waals surface area contributed by atoms with Crippen LogP contribution in [0.15, 0.2) is 72.8 Å². The number of aromatic nitrogens is 1. The first-order valence-corrected chi connectivity index (χ1v) is 9.92. The Balaban J connectivity index is 1.45. The van der Waals surface area contributed by atoms with Crippen molar-refractivity contribution in [2.75, 3.05) is 13.9 Å². The zero-order chi connectivity index (χ0) is 21.2. The third kappa shape index (κ3) is 3.75. The lowest BCUT2D eigenvalue weighted by Gasteiger charge is -2.11. The molecule has 4 aromatic rings. The maximum Gasteiger partial charge on any atom is 0.252 e. The zero-order valence-electron chi connectivity index (χ0n) is 16.9. The summed E-state index contributed by atoms with van der Waals surface area (Å²) in [5, 5.41) is 3.82. The summed E-state index contributed by atoms with van der Waals surface area (Å²) in [6.07, 6.45) is 0. The molecule has 5 rings (SSSR count). The summed E-state index contributed by atoms with van der Waals surface area (Å²) in [5.74, 6) is 2.03. The fourth-order valence-electron chi connectivity index (χ4n) is 3.60. The number of hydrogen-bond acceptors (Lipinski definition) is 5. The molecule has 0 radical (unpaired) electrons. The number of carbonyl (C=O) groups excluding carboxylic acids is 1. The van der Waals surface area contributed by atoms with Gasteiger partial charge in [-0.15, -0.1) is 0 Å². The minimum Gasteiger partial charge on any atom is -0.497 e. The first kappa shape index (κ1) is 18.9. The van der Waals surface area contributed by atoms with Crippen LogP contribution in [-0.2, 0) is 6.54 Å². The van der Waals surface area contributed by atoms with Crippen molar-refractivity contribution >= 4 is 16.8 Å². The Morgan fingerprint density at radius 3 is 2.65 bits per heavy atom. The number of ether oxygens (including phenoxy) is 3. The number of methoxy groups -OCH3 is 1. The van der Waals surface area contributed by atoms with Crippen LogP contribution in [0.2, 0.25) is 0 Å². The molecule has 1 aliphatic heterocycles. The molecule has 0 aliphatic carbocycles. The first-order valence-electron chi connectivity index (χ1n) is 9.92. The SMILES string of the molecule is COc1ccc(-c2cc(C(=O)NCc3ccc4c(c3)OCO4)c3ccccc3n2)cc1. The van der Waals surface area contributed by atoms with Crippen molar-refractivity contribution < 1.29 is 19.0 Å². The lowest BCUT2D eigenvalue weighted by Crippen LogP contribution is -2.23. The Kier molecular flexibility index (Phi) is 4.88. The highest BCUT2D eigenvalue weighted by atomic mass is 16.7. The summed E-state index contributed by atoms with van der Waals surface area (Å²) >= 11 is 0. The second-order valence-corrected chi connectivity index (χ2v) is 7.17. The molecule has 1 amide bonds. The summed E-state index contributed by atoms with van der Waals surface area (Å²) in [7, 11) is 1.63. The van der Waals surface area contributed by atoms with Crippen LogP contribution >= 0.6 is 0 Å². The summed E-state index contributed by atoms with van der Waals surface area (Å²) in [6, 6.07) is 22.8. The van der Waals surface area contributed by atoms with E-state index in [0.717, 1.165) is 39.2 Å². The molecule has 2 heterocycles. The third-order valence-electron chi connectivity index (χ3n) is 5.24. The van der Waals surface area contributed by atoms with Crippen LogP contribution in [-0.4, -0.2) is 24.8 Å². The highest BCUT2D eigenvalue weighted by Crippen LogP contribution is 2.32. The predicted molar refractivity (Wildman–Crippen MR) is 117 cm³/mol. The second kappa shape index (κ2) is 7.99.